The van der Waals surface area contributed by atoms with Gasteiger partial charge in [0.05, 0.1) is 35.2 Å². The van der Waals surface area contributed by atoms with Crippen molar-refractivity contribution in [2.45, 2.75) is 44.7 Å². The second-order valence-electron chi connectivity index (χ2n) is 9.87. The van der Waals surface area contributed by atoms with Crippen molar-refractivity contribution in [3.63, 3.8) is 0 Å². The summed E-state index contributed by atoms with van der Waals surface area (Å²) in [5.41, 5.74) is 4.14. The summed E-state index contributed by atoms with van der Waals surface area (Å²) in [5.74, 6) is -1.03. The summed E-state index contributed by atoms with van der Waals surface area (Å²) in [5, 5.41) is 7.95. The molecule has 2 aliphatic heterocycles. The van der Waals surface area contributed by atoms with Gasteiger partial charge in [-0.2, -0.15) is 5.10 Å². The Bertz CT molecular complexity index is 1350. The Kier molecular flexibility index (Phi) is 6.46. The highest BCUT2D eigenvalue weighted by atomic mass is 19.1. The first-order valence-electron chi connectivity index (χ1n) is 12.9. The van der Waals surface area contributed by atoms with Crippen LogP contribution in [0.3, 0.4) is 0 Å². The molecule has 6 nitrogen and oxygen atoms in total. The Hall–Kier alpha value is -3.23. The van der Waals surface area contributed by atoms with Gasteiger partial charge in [-0.25, -0.2) is 13.8 Å². The average Bonchev–Trinajstić information content (AvgIpc) is 3.42. The maximum Gasteiger partial charge on any atom is 0.131 e. The maximum atomic E-state index is 15.2. The number of halogens is 2. The monoisotopic (exact) mass is 488 g/mol. The lowest BCUT2D eigenvalue weighted by atomic mass is 10.0. The molecule has 0 radical (unpaired) electrons. The van der Waals surface area contributed by atoms with Crippen molar-refractivity contribution in [1.82, 2.24) is 30.0 Å². The molecule has 0 aliphatic carbocycles. The first kappa shape index (κ1) is 23.2. The van der Waals surface area contributed by atoms with Gasteiger partial charge >= 0.3 is 0 Å². The Balaban J connectivity index is 1.33. The lowest BCUT2D eigenvalue weighted by Gasteiger charge is -2.26. The van der Waals surface area contributed by atoms with E-state index >= 15 is 8.78 Å². The van der Waals surface area contributed by atoms with Crippen LogP contribution in [-0.4, -0.2) is 50.8 Å². The van der Waals surface area contributed by atoms with E-state index in [4.69, 9.17) is 4.98 Å². The second-order valence-corrected chi connectivity index (χ2v) is 9.87. The van der Waals surface area contributed by atoms with Crippen LogP contribution in [0, 0.1) is 11.6 Å². The predicted molar refractivity (Wildman–Crippen MR) is 136 cm³/mol. The Morgan fingerprint density at radius 3 is 2.50 bits per heavy atom. The predicted octanol–water partition coefficient (Wildman–Crippen LogP) is 5.35. The molecule has 0 unspecified atom stereocenters. The quantitative estimate of drug-likeness (QED) is 0.411. The van der Waals surface area contributed by atoms with E-state index in [2.05, 4.69) is 20.3 Å². The van der Waals surface area contributed by atoms with Gasteiger partial charge in [-0.1, -0.05) is 18.6 Å². The minimum absolute atomic E-state index is 0.137. The molecule has 0 bridgehead atoms. The van der Waals surface area contributed by atoms with Crippen LogP contribution in [0.1, 0.15) is 43.7 Å². The highest BCUT2D eigenvalue weighted by Gasteiger charge is 2.20. The Morgan fingerprint density at radius 1 is 0.944 bits per heavy atom. The highest BCUT2D eigenvalue weighted by Crippen LogP contribution is 2.32. The van der Waals surface area contributed by atoms with Gasteiger partial charge in [-0.15, -0.1) is 0 Å². The van der Waals surface area contributed by atoms with Gasteiger partial charge in [-0.3, -0.25) is 14.6 Å². The molecule has 2 fully saturated rings. The summed E-state index contributed by atoms with van der Waals surface area (Å²) in [4.78, 5) is 11.6. The van der Waals surface area contributed by atoms with Crippen LogP contribution >= 0.6 is 0 Å². The van der Waals surface area contributed by atoms with Crippen molar-refractivity contribution in [3.05, 3.63) is 66.1 Å². The van der Waals surface area contributed by atoms with Crippen LogP contribution in [0.5, 0.6) is 0 Å². The molecule has 2 saturated heterocycles. The third kappa shape index (κ3) is 4.63. The number of para-hydroxylation sites is 1. The molecule has 36 heavy (non-hydrogen) atoms. The standard InChI is InChI=1S/C28H30F2N6/c29-24-13-19(14-25(30)23(24)18-35-11-2-1-3-12-35)22-5-4-6-26-28(22)34-27(16-32-26)20-15-33-36(17-20)21-7-9-31-10-8-21/h4-6,13-17,21,31H,1-3,7-12,18H2. The van der Waals surface area contributed by atoms with Crippen molar-refractivity contribution in [2.24, 2.45) is 0 Å². The minimum atomic E-state index is -0.514. The number of rotatable bonds is 5. The molecule has 0 spiro atoms. The molecule has 0 saturated carbocycles. The Morgan fingerprint density at radius 2 is 1.72 bits per heavy atom. The summed E-state index contributed by atoms with van der Waals surface area (Å²) in [7, 11) is 0. The molecule has 0 atom stereocenters. The smallest absolute Gasteiger partial charge is 0.131 e. The molecule has 2 aromatic heterocycles. The van der Waals surface area contributed by atoms with Crippen LogP contribution in [0.15, 0.2) is 48.9 Å². The number of nitrogens with one attached hydrogen (secondary N) is 1. The average molecular weight is 489 g/mol. The van der Waals surface area contributed by atoms with Crippen LogP contribution < -0.4 is 5.32 Å². The van der Waals surface area contributed by atoms with Gasteiger partial charge < -0.3 is 5.32 Å². The summed E-state index contributed by atoms with van der Waals surface area (Å²) in [6.45, 7) is 4.05. The maximum absolute atomic E-state index is 15.2. The zero-order valence-electron chi connectivity index (χ0n) is 20.3. The molecule has 6 rings (SSSR count). The number of likely N-dealkylation sites (tertiary alicyclic amines) is 1. The zero-order valence-corrected chi connectivity index (χ0v) is 20.3. The molecular formula is C28H30F2N6. The van der Waals surface area contributed by atoms with E-state index in [1.54, 1.807) is 6.20 Å². The number of piperidine rings is 2. The van der Waals surface area contributed by atoms with Crippen LogP contribution in [0.25, 0.3) is 33.4 Å². The number of hydrogen-bond donors (Lipinski definition) is 1. The molecular weight excluding hydrogens is 458 g/mol. The highest BCUT2D eigenvalue weighted by molar-refractivity contribution is 5.92. The first-order chi connectivity index (χ1) is 17.7. The summed E-state index contributed by atoms with van der Waals surface area (Å²) >= 11 is 0. The van der Waals surface area contributed by atoms with E-state index in [1.807, 2.05) is 35.3 Å². The van der Waals surface area contributed by atoms with Crippen molar-refractivity contribution >= 4 is 11.0 Å². The van der Waals surface area contributed by atoms with Gasteiger partial charge in [0.2, 0.25) is 0 Å². The summed E-state index contributed by atoms with van der Waals surface area (Å²) in [6, 6.07) is 8.79. The normalized spacial score (nSPS) is 17.6. The lowest BCUT2D eigenvalue weighted by molar-refractivity contribution is 0.215. The van der Waals surface area contributed by atoms with Crippen molar-refractivity contribution < 1.29 is 8.78 Å². The van der Waals surface area contributed by atoms with Crippen molar-refractivity contribution in [3.8, 4) is 22.4 Å². The van der Waals surface area contributed by atoms with E-state index in [1.165, 1.54) is 18.6 Å². The lowest BCUT2D eigenvalue weighted by Crippen LogP contribution is -2.29. The molecule has 186 valence electrons. The number of nitrogens with zero attached hydrogens (tertiary/aromatic N) is 5. The molecule has 2 aromatic carbocycles. The summed E-state index contributed by atoms with van der Waals surface area (Å²) < 4.78 is 32.3. The van der Waals surface area contributed by atoms with Gasteiger partial charge in [0.25, 0.3) is 0 Å². The number of benzene rings is 2. The molecule has 0 amide bonds. The number of fused-ring (bicyclic) bond motifs is 1. The Labute approximate surface area is 209 Å². The topological polar surface area (TPSA) is 58.9 Å². The van der Waals surface area contributed by atoms with E-state index in [-0.39, 0.29) is 5.56 Å². The van der Waals surface area contributed by atoms with Gasteiger partial charge in [0.15, 0.2) is 0 Å². The van der Waals surface area contributed by atoms with Crippen LogP contribution in [-0.2, 0) is 6.54 Å². The fraction of sp³-hybridized carbons (Fsp3) is 0.393. The molecule has 8 heteroatoms. The molecule has 4 aromatic rings. The minimum Gasteiger partial charge on any atom is -0.317 e. The second kappa shape index (κ2) is 10.0. The van der Waals surface area contributed by atoms with E-state index < -0.39 is 11.6 Å². The fourth-order valence-corrected chi connectivity index (χ4v) is 5.40. The largest absolute Gasteiger partial charge is 0.317 e. The third-order valence-electron chi connectivity index (χ3n) is 7.44. The molecule has 1 N–H and O–H groups in total. The zero-order chi connectivity index (χ0) is 24.5. The molecule has 4 heterocycles. The van der Waals surface area contributed by atoms with E-state index in [9.17, 15) is 0 Å². The van der Waals surface area contributed by atoms with Gasteiger partial charge in [0.1, 0.15) is 11.6 Å². The summed E-state index contributed by atoms with van der Waals surface area (Å²) in [6.07, 6.45) is 11.0. The number of aromatic nitrogens is 4. The third-order valence-corrected chi connectivity index (χ3v) is 7.44. The fourth-order valence-electron chi connectivity index (χ4n) is 5.40. The number of hydrogen-bond acceptors (Lipinski definition) is 5. The van der Waals surface area contributed by atoms with E-state index in [0.717, 1.165) is 57.4 Å². The van der Waals surface area contributed by atoms with E-state index in [0.29, 0.717) is 40.4 Å². The SMILES string of the molecule is Fc1cc(-c2cccc3ncc(-c4cnn(C5CCNCC5)c4)nc23)cc(F)c1CN1CCCCC1. The van der Waals surface area contributed by atoms with Crippen LogP contribution in [0.4, 0.5) is 8.78 Å². The van der Waals surface area contributed by atoms with Crippen LogP contribution in [0.2, 0.25) is 0 Å². The van der Waals surface area contributed by atoms with Gasteiger partial charge in [-0.05, 0) is 75.6 Å². The van der Waals surface area contributed by atoms with Crippen molar-refractivity contribution in [1.29, 1.82) is 0 Å². The first-order valence-corrected chi connectivity index (χ1v) is 12.9. The van der Waals surface area contributed by atoms with Gasteiger partial charge in [0, 0.05) is 29.4 Å². The molecule has 2 aliphatic rings. The van der Waals surface area contributed by atoms with Crippen molar-refractivity contribution in [2.75, 3.05) is 26.2 Å².